The number of amides is 1. The summed E-state index contributed by atoms with van der Waals surface area (Å²) >= 11 is 1.34. The molecule has 0 saturated carbocycles. The summed E-state index contributed by atoms with van der Waals surface area (Å²) in [4.78, 5) is 16.5. The van der Waals surface area contributed by atoms with E-state index in [0.717, 1.165) is 10.9 Å². The molecule has 1 aromatic carbocycles. The van der Waals surface area contributed by atoms with Crippen molar-refractivity contribution in [2.45, 2.75) is 19.9 Å². The highest BCUT2D eigenvalue weighted by Gasteiger charge is 2.23. The fraction of sp³-hybridized carbons (Fsp3) is 0.200. The van der Waals surface area contributed by atoms with Crippen LogP contribution in [0.5, 0.6) is 5.88 Å². The van der Waals surface area contributed by atoms with Gasteiger partial charge in [0.15, 0.2) is 5.13 Å². The fourth-order valence-electron chi connectivity index (χ4n) is 2.44. The number of rotatable bonds is 3. The molecule has 0 aliphatic heterocycles. The molecule has 3 rings (SSSR count). The van der Waals surface area contributed by atoms with Crippen LogP contribution >= 0.6 is 11.3 Å². The first-order valence-electron chi connectivity index (χ1n) is 6.62. The average Bonchev–Trinajstić information content (AvgIpc) is 3.02. The largest absolute Gasteiger partial charge is 0.494 e. The molecule has 0 spiro atoms. The number of benzene rings is 1. The molecular weight excluding hydrogens is 286 g/mol. The highest BCUT2D eigenvalue weighted by Crippen LogP contribution is 2.34. The van der Waals surface area contributed by atoms with Gasteiger partial charge >= 0.3 is 0 Å². The predicted molar refractivity (Wildman–Crippen MR) is 84.1 cm³/mol. The van der Waals surface area contributed by atoms with E-state index in [1.807, 2.05) is 38.1 Å². The lowest BCUT2D eigenvalue weighted by Crippen LogP contribution is -2.11. The van der Waals surface area contributed by atoms with Gasteiger partial charge in [0, 0.05) is 23.0 Å². The molecule has 0 fully saturated rings. The molecule has 0 saturated heterocycles. The molecule has 2 heterocycles. The van der Waals surface area contributed by atoms with Crippen molar-refractivity contribution in [1.29, 1.82) is 0 Å². The van der Waals surface area contributed by atoms with Crippen molar-refractivity contribution >= 4 is 33.3 Å². The van der Waals surface area contributed by atoms with Crippen molar-refractivity contribution in [1.82, 2.24) is 9.55 Å². The van der Waals surface area contributed by atoms with Crippen molar-refractivity contribution in [2.24, 2.45) is 0 Å². The molecule has 2 aromatic heterocycles. The van der Waals surface area contributed by atoms with Gasteiger partial charge in [-0.2, -0.15) is 0 Å². The third kappa shape index (κ3) is 2.27. The lowest BCUT2D eigenvalue weighted by molar-refractivity contribution is 0.102. The van der Waals surface area contributed by atoms with Gasteiger partial charge in [-0.15, -0.1) is 11.3 Å². The first-order valence-corrected chi connectivity index (χ1v) is 7.50. The minimum absolute atomic E-state index is 0.0137. The Hall–Kier alpha value is -2.34. The van der Waals surface area contributed by atoms with Crippen LogP contribution in [-0.2, 0) is 0 Å². The minimum Gasteiger partial charge on any atom is -0.494 e. The number of fused-ring (bicyclic) bond motifs is 1. The Balaban J connectivity index is 2.14. The van der Waals surface area contributed by atoms with Crippen LogP contribution in [0.2, 0.25) is 0 Å². The summed E-state index contributed by atoms with van der Waals surface area (Å²) < 4.78 is 1.76. The third-order valence-corrected chi connectivity index (χ3v) is 3.97. The number of nitrogens with one attached hydrogen (secondary N) is 1. The standard InChI is InChI=1S/C15H15N3O2S/c1-9(2)18-11-6-4-3-5-10(11)12(14(18)20)13(19)17-15-16-7-8-21-15/h3-9,20H,1-2H3,(H,16,17,19). The number of hydrogen-bond acceptors (Lipinski definition) is 4. The van der Waals surface area contributed by atoms with Crippen molar-refractivity contribution in [3.8, 4) is 5.88 Å². The number of thiazole rings is 1. The minimum atomic E-state index is -0.349. The number of carbonyl (C=O) groups is 1. The molecule has 3 aromatic rings. The topological polar surface area (TPSA) is 67.2 Å². The van der Waals surface area contributed by atoms with Gasteiger partial charge in [-0.3, -0.25) is 10.1 Å². The quantitative estimate of drug-likeness (QED) is 0.776. The van der Waals surface area contributed by atoms with E-state index in [0.29, 0.717) is 5.13 Å². The summed E-state index contributed by atoms with van der Waals surface area (Å²) in [6.45, 7) is 3.93. The van der Waals surface area contributed by atoms with E-state index >= 15 is 0 Å². The lowest BCUT2D eigenvalue weighted by atomic mass is 10.1. The van der Waals surface area contributed by atoms with Crippen molar-refractivity contribution in [3.63, 3.8) is 0 Å². The zero-order chi connectivity index (χ0) is 15.0. The molecule has 0 radical (unpaired) electrons. The van der Waals surface area contributed by atoms with Gasteiger partial charge in [-0.05, 0) is 19.9 Å². The zero-order valence-corrected chi connectivity index (χ0v) is 12.5. The van der Waals surface area contributed by atoms with E-state index in [9.17, 15) is 9.90 Å². The molecule has 0 bridgehead atoms. The number of aromatic hydroxyl groups is 1. The Labute approximate surface area is 125 Å². The van der Waals surface area contributed by atoms with E-state index in [-0.39, 0.29) is 23.4 Å². The monoisotopic (exact) mass is 301 g/mol. The van der Waals surface area contributed by atoms with Crippen LogP contribution in [0.15, 0.2) is 35.8 Å². The Bertz CT molecular complexity index is 791. The molecule has 108 valence electrons. The van der Waals surface area contributed by atoms with Gasteiger partial charge in [0.1, 0.15) is 5.56 Å². The van der Waals surface area contributed by atoms with Crippen molar-refractivity contribution in [3.05, 3.63) is 41.4 Å². The average molecular weight is 301 g/mol. The van der Waals surface area contributed by atoms with Crippen LogP contribution in [0.25, 0.3) is 10.9 Å². The highest BCUT2D eigenvalue weighted by atomic mass is 32.1. The molecule has 2 N–H and O–H groups in total. The zero-order valence-electron chi connectivity index (χ0n) is 11.7. The van der Waals surface area contributed by atoms with Crippen LogP contribution in [0, 0.1) is 0 Å². The second-order valence-electron chi connectivity index (χ2n) is 4.97. The Kier molecular flexibility index (Phi) is 3.39. The second kappa shape index (κ2) is 5.21. The van der Waals surface area contributed by atoms with Gasteiger partial charge in [-0.25, -0.2) is 4.98 Å². The maximum atomic E-state index is 12.5. The molecule has 0 aliphatic carbocycles. The van der Waals surface area contributed by atoms with E-state index < -0.39 is 0 Å². The van der Waals surface area contributed by atoms with E-state index in [2.05, 4.69) is 10.3 Å². The summed E-state index contributed by atoms with van der Waals surface area (Å²) in [5.41, 5.74) is 1.13. The molecular formula is C15H15N3O2S. The van der Waals surface area contributed by atoms with Gasteiger partial charge in [0.05, 0.1) is 5.52 Å². The Morgan fingerprint density at radius 3 is 2.81 bits per heavy atom. The molecule has 5 nitrogen and oxygen atoms in total. The first kappa shape index (κ1) is 13.6. The molecule has 1 amide bonds. The number of aromatic nitrogens is 2. The molecule has 21 heavy (non-hydrogen) atoms. The maximum absolute atomic E-state index is 12.5. The van der Waals surface area contributed by atoms with Crippen LogP contribution in [-0.4, -0.2) is 20.6 Å². The van der Waals surface area contributed by atoms with Gasteiger partial charge < -0.3 is 9.67 Å². The molecule has 6 heteroatoms. The van der Waals surface area contributed by atoms with Crippen molar-refractivity contribution < 1.29 is 9.90 Å². The van der Waals surface area contributed by atoms with E-state index in [1.54, 1.807) is 16.1 Å². The SMILES string of the molecule is CC(C)n1c(O)c(C(=O)Nc2nccs2)c2ccccc21. The normalized spacial score (nSPS) is 11.2. The maximum Gasteiger partial charge on any atom is 0.263 e. The van der Waals surface area contributed by atoms with Crippen LogP contribution in [0.4, 0.5) is 5.13 Å². The van der Waals surface area contributed by atoms with Crippen LogP contribution < -0.4 is 5.32 Å². The van der Waals surface area contributed by atoms with E-state index in [1.165, 1.54) is 11.3 Å². The summed E-state index contributed by atoms with van der Waals surface area (Å²) in [5, 5.41) is 16.2. The molecule has 0 aliphatic rings. The Morgan fingerprint density at radius 1 is 1.38 bits per heavy atom. The van der Waals surface area contributed by atoms with Crippen molar-refractivity contribution in [2.75, 3.05) is 5.32 Å². The number of carbonyl (C=O) groups excluding carboxylic acids is 1. The van der Waals surface area contributed by atoms with Gasteiger partial charge in [0.25, 0.3) is 5.91 Å². The lowest BCUT2D eigenvalue weighted by Gasteiger charge is -2.10. The third-order valence-electron chi connectivity index (χ3n) is 3.28. The highest BCUT2D eigenvalue weighted by molar-refractivity contribution is 7.13. The molecule has 0 atom stereocenters. The summed E-state index contributed by atoms with van der Waals surface area (Å²) in [6.07, 6.45) is 1.62. The van der Waals surface area contributed by atoms with Crippen LogP contribution in [0.3, 0.4) is 0 Å². The number of anilines is 1. The predicted octanol–water partition coefficient (Wildman–Crippen LogP) is 3.64. The Morgan fingerprint density at radius 2 is 2.14 bits per heavy atom. The van der Waals surface area contributed by atoms with Gasteiger partial charge in [-0.1, -0.05) is 18.2 Å². The summed E-state index contributed by atoms with van der Waals surface area (Å²) in [6, 6.07) is 7.53. The fourth-order valence-corrected chi connectivity index (χ4v) is 2.97. The second-order valence-corrected chi connectivity index (χ2v) is 5.87. The van der Waals surface area contributed by atoms with Crippen LogP contribution in [0.1, 0.15) is 30.2 Å². The summed E-state index contributed by atoms with van der Waals surface area (Å²) in [5.74, 6) is -0.363. The molecule has 0 unspecified atom stereocenters. The van der Waals surface area contributed by atoms with Gasteiger partial charge in [0.2, 0.25) is 5.88 Å². The van der Waals surface area contributed by atoms with E-state index in [4.69, 9.17) is 0 Å². The summed E-state index contributed by atoms with van der Waals surface area (Å²) in [7, 11) is 0. The number of para-hydroxylation sites is 1. The number of hydrogen-bond donors (Lipinski definition) is 2. The smallest absolute Gasteiger partial charge is 0.263 e. The first-order chi connectivity index (χ1) is 10.1. The number of nitrogens with zero attached hydrogens (tertiary/aromatic N) is 2.